The molecule has 2 rings (SSSR count). The summed E-state index contributed by atoms with van der Waals surface area (Å²) in [6.45, 7) is 1.79. The first-order valence-electron chi connectivity index (χ1n) is 6.30. The third-order valence-electron chi connectivity index (χ3n) is 2.87. The largest absolute Gasteiger partial charge is 0.506 e. The molecule has 0 spiro atoms. The summed E-state index contributed by atoms with van der Waals surface area (Å²) in [7, 11) is 0. The highest BCUT2D eigenvalue weighted by atomic mass is 19.4. The van der Waals surface area contributed by atoms with E-state index in [9.17, 15) is 23.1 Å². The van der Waals surface area contributed by atoms with Crippen molar-refractivity contribution >= 4 is 17.4 Å². The number of carbonyl (C=O) groups is 1. The van der Waals surface area contributed by atoms with Crippen LogP contribution in [0.1, 0.15) is 11.1 Å². The molecule has 2 aromatic carbocycles. The van der Waals surface area contributed by atoms with Crippen molar-refractivity contribution in [2.45, 2.75) is 13.1 Å². The van der Waals surface area contributed by atoms with Crippen molar-refractivity contribution in [3.05, 3.63) is 53.6 Å². The van der Waals surface area contributed by atoms with E-state index in [1.165, 1.54) is 6.07 Å². The third kappa shape index (κ3) is 3.91. The highest BCUT2D eigenvalue weighted by Gasteiger charge is 2.29. The van der Waals surface area contributed by atoms with Crippen LogP contribution in [0.4, 0.5) is 29.3 Å². The number of benzene rings is 2. The van der Waals surface area contributed by atoms with Gasteiger partial charge in [0.05, 0.1) is 11.3 Å². The molecule has 0 aliphatic carbocycles. The molecule has 0 bridgehead atoms. The van der Waals surface area contributed by atoms with E-state index >= 15 is 0 Å². The number of urea groups is 1. The fraction of sp³-hybridized carbons (Fsp3) is 0.133. The van der Waals surface area contributed by atoms with Gasteiger partial charge in [-0.2, -0.15) is 13.2 Å². The van der Waals surface area contributed by atoms with Crippen molar-refractivity contribution in [2.24, 2.45) is 0 Å². The van der Waals surface area contributed by atoms with Crippen LogP contribution in [0.15, 0.2) is 42.5 Å². The normalized spacial score (nSPS) is 11.1. The average molecular weight is 310 g/mol. The fourth-order valence-corrected chi connectivity index (χ4v) is 1.78. The molecule has 0 atom stereocenters. The number of aryl methyl sites for hydroxylation is 1. The van der Waals surface area contributed by atoms with Crippen molar-refractivity contribution in [1.29, 1.82) is 0 Å². The third-order valence-corrected chi connectivity index (χ3v) is 2.87. The lowest BCUT2D eigenvalue weighted by atomic mass is 10.2. The number of rotatable bonds is 2. The highest BCUT2D eigenvalue weighted by Crippen LogP contribution is 2.30. The van der Waals surface area contributed by atoms with E-state index in [1.54, 1.807) is 19.1 Å². The van der Waals surface area contributed by atoms with Crippen LogP contribution in [0, 0.1) is 6.92 Å². The minimum Gasteiger partial charge on any atom is -0.506 e. The van der Waals surface area contributed by atoms with Crippen molar-refractivity contribution in [3.63, 3.8) is 0 Å². The van der Waals surface area contributed by atoms with Crippen molar-refractivity contribution in [3.8, 4) is 5.75 Å². The van der Waals surface area contributed by atoms with Crippen LogP contribution in [-0.2, 0) is 6.18 Å². The van der Waals surface area contributed by atoms with Gasteiger partial charge in [0, 0.05) is 5.69 Å². The zero-order chi connectivity index (χ0) is 16.3. The summed E-state index contributed by atoms with van der Waals surface area (Å²) in [5, 5.41) is 14.4. The Balaban J connectivity index is 2.04. The van der Waals surface area contributed by atoms with Gasteiger partial charge in [0.15, 0.2) is 0 Å². The molecule has 3 N–H and O–H groups in total. The number of phenols is 1. The van der Waals surface area contributed by atoms with Gasteiger partial charge in [-0.3, -0.25) is 0 Å². The summed E-state index contributed by atoms with van der Waals surface area (Å²) in [4.78, 5) is 11.8. The second kappa shape index (κ2) is 5.97. The quantitative estimate of drug-likeness (QED) is 0.722. The molecule has 116 valence electrons. The topological polar surface area (TPSA) is 61.4 Å². The Morgan fingerprint density at radius 2 is 1.68 bits per heavy atom. The first-order chi connectivity index (χ1) is 10.3. The lowest BCUT2D eigenvalue weighted by Gasteiger charge is -2.11. The minimum absolute atomic E-state index is 0.104. The number of carbonyl (C=O) groups excluding carboxylic acids is 1. The molecule has 0 fully saturated rings. The van der Waals surface area contributed by atoms with Gasteiger partial charge in [-0.1, -0.05) is 6.07 Å². The van der Waals surface area contributed by atoms with Gasteiger partial charge in [-0.25, -0.2) is 4.79 Å². The van der Waals surface area contributed by atoms with Crippen LogP contribution >= 0.6 is 0 Å². The van der Waals surface area contributed by atoms with Gasteiger partial charge >= 0.3 is 12.2 Å². The number of hydrogen-bond acceptors (Lipinski definition) is 2. The number of alkyl halides is 3. The first-order valence-corrected chi connectivity index (χ1v) is 6.30. The van der Waals surface area contributed by atoms with Crippen LogP contribution in [0.2, 0.25) is 0 Å². The van der Waals surface area contributed by atoms with Crippen LogP contribution < -0.4 is 10.6 Å². The summed E-state index contributed by atoms with van der Waals surface area (Å²) in [6.07, 6.45) is -4.42. The molecule has 4 nitrogen and oxygen atoms in total. The van der Waals surface area contributed by atoms with Crippen molar-refractivity contribution in [2.75, 3.05) is 10.6 Å². The minimum atomic E-state index is -4.42. The number of nitrogens with one attached hydrogen (secondary N) is 2. The summed E-state index contributed by atoms with van der Waals surface area (Å²) < 4.78 is 37.3. The summed E-state index contributed by atoms with van der Waals surface area (Å²) in [5.74, 6) is -0.104. The molecule has 0 aliphatic rings. The second-order valence-corrected chi connectivity index (χ2v) is 4.67. The lowest BCUT2D eigenvalue weighted by Crippen LogP contribution is -2.19. The van der Waals surface area contributed by atoms with Crippen molar-refractivity contribution < 1.29 is 23.1 Å². The van der Waals surface area contributed by atoms with Gasteiger partial charge in [-0.15, -0.1) is 0 Å². The number of aromatic hydroxyl groups is 1. The van der Waals surface area contributed by atoms with Crippen LogP contribution in [0.25, 0.3) is 0 Å². The van der Waals surface area contributed by atoms with Crippen LogP contribution in [0.5, 0.6) is 5.75 Å². The van der Waals surface area contributed by atoms with E-state index in [1.807, 2.05) is 0 Å². The molecule has 22 heavy (non-hydrogen) atoms. The number of amides is 2. The lowest BCUT2D eigenvalue weighted by molar-refractivity contribution is -0.137. The molecule has 7 heteroatoms. The Bertz CT molecular complexity index is 682. The molecule has 0 aromatic heterocycles. The molecule has 0 heterocycles. The summed E-state index contributed by atoms with van der Waals surface area (Å²) in [6, 6.07) is 8.07. The van der Waals surface area contributed by atoms with Gasteiger partial charge in [0.2, 0.25) is 0 Å². The van der Waals surface area contributed by atoms with Gasteiger partial charge in [0.1, 0.15) is 5.75 Å². The molecular weight excluding hydrogens is 297 g/mol. The number of hydrogen-bond donors (Lipinski definition) is 3. The average Bonchev–Trinajstić information content (AvgIpc) is 2.42. The Kier molecular flexibility index (Phi) is 4.25. The maximum atomic E-state index is 12.4. The molecule has 0 saturated heterocycles. The van der Waals surface area contributed by atoms with Gasteiger partial charge in [-0.05, 0) is 48.9 Å². The number of halogens is 3. The predicted molar refractivity (Wildman–Crippen MR) is 76.9 cm³/mol. The molecule has 0 aliphatic heterocycles. The Hall–Kier alpha value is -2.70. The predicted octanol–water partition coefficient (Wildman–Crippen LogP) is 4.36. The van der Waals surface area contributed by atoms with E-state index in [-0.39, 0.29) is 17.1 Å². The Morgan fingerprint density at radius 1 is 1.05 bits per heavy atom. The fourth-order valence-electron chi connectivity index (χ4n) is 1.78. The van der Waals surface area contributed by atoms with Crippen LogP contribution in [0.3, 0.4) is 0 Å². The van der Waals surface area contributed by atoms with E-state index in [2.05, 4.69) is 10.6 Å². The zero-order valence-corrected chi connectivity index (χ0v) is 11.5. The van der Waals surface area contributed by atoms with E-state index in [0.717, 1.165) is 29.8 Å². The second-order valence-electron chi connectivity index (χ2n) is 4.67. The Morgan fingerprint density at radius 3 is 2.27 bits per heavy atom. The Labute approximate surface area is 124 Å². The molecule has 2 amide bonds. The molecule has 0 radical (unpaired) electrons. The van der Waals surface area contributed by atoms with Crippen LogP contribution in [-0.4, -0.2) is 11.1 Å². The molecule has 0 unspecified atom stereocenters. The molecule has 0 saturated carbocycles. The standard InChI is InChI=1S/C15H13F3N2O2/c1-9-2-7-13(21)12(8-9)20-14(22)19-11-5-3-10(4-6-11)15(16,17)18/h2-8,21H,1H3,(H2,19,20,22). The highest BCUT2D eigenvalue weighted by molar-refractivity contribution is 6.00. The van der Waals surface area contributed by atoms with Gasteiger partial charge in [0.25, 0.3) is 0 Å². The number of phenolic OH excluding ortho intramolecular Hbond substituents is 1. The maximum absolute atomic E-state index is 12.4. The first kappa shape index (κ1) is 15.7. The smallest absolute Gasteiger partial charge is 0.416 e. The summed E-state index contributed by atoms with van der Waals surface area (Å²) >= 11 is 0. The van der Waals surface area contributed by atoms with E-state index < -0.39 is 17.8 Å². The SMILES string of the molecule is Cc1ccc(O)c(NC(=O)Nc2ccc(C(F)(F)F)cc2)c1. The molecular formula is C15H13F3N2O2. The maximum Gasteiger partial charge on any atom is 0.416 e. The molecule has 2 aromatic rings. The summed E-state index contributed by atoms with van der Waals surface area (Å²) in [5.41, 5.74) is 0.458. The van der Waals surface area contributed by atoms with Crippen molar-refractivity contribution in [1.82, 2.24) is 0 Å². The van der Waals surface area contributed by atoms with E-state index in [0.29, 0.717) is 0 Å². The van der Waals surface area contributed by atoms with E-state index in [4.69, 9.17) is 0 Å². The van der Waals surface area contributed by atoms with Gasteiger partial charge < -0.3 is 15.7 Å². The number of anilines is 2. The monoisotopic (exact) mass is 310 g/mol. The zero-order valence-electron chi connectivity index (χ0n) is 11.5.